The van der Waals surface area contributed by atoms with Crippen LogP contribution >= 0.6 is 0 Å². The summed E-state index contributed by atoms with van der Waals surface area (Å²) < 4.78 is 5.30. The highest BCUT2D eigenvalue weighted by atomic mass is 16.5. The van der Waals surface area contributed by atoms with Crippen molar-refractivity contribution in [2.45, 2.75) is 62.9 Å². The maximum Gasteiger partial charge on any atom is 0.246 e. The Labute approximate surface area is 114 Å². The molecule has 0 aromatic heterocycles. The SMILES string of the molecule is O=CNC1(C(=O)NC2CCCCCC2)CCOCC1. The highest BCUT2D eigenvalue weighted by molar-refractivity contribution is 5.88. The highest BCUT2D eigenvalue weighted by Gasteiger charge is 2.40. The summed E-state index contributed by atoms with van der Waals surface area (Å²) in [5.41, 5.74) is -0.758. The zero-order valence-corrected chi connectivity index (χ0v) is 11.5. The van der Waals surface area contributed by atoms with Gasteiger partial charge in [-0.2, -0.15) is 0 Å². The van der Waals surface area contributed by atoms with Gasteiger partial charge in [0.2, 0.25) is 12.3 Å². The van der Waals surface area contributed by atoms with E-state index in [1.54, 1.807) is 0 Å². The lowest BCUT2D eigenvalue weighted by Gasteiger charge is -2.36. The predicted molar refractivity (Wildman–Crippen MR) is 71.6 cm³/mol. The van der Waals surface area contributed by atoms with E-state index in [0.29, 0.717) is 32.5 Å². The lowest BCUT2D eigenvalue weighted by atomic mass is 9.88. The van der Waals surface area contributed by atoms with E-state index in [0.717, 1.165) is 12.8 Å². The molecule has 5 nitrogen and oxygen atoms in total. The molecule has 2 aliphatic rings. The van der Waals surface area contributed by atoms with Crippen LogP contribution in [-0.4, -0.2) is 37.1 Å². The third-order valence-electron chi connectivity index (χ3n) is 4.31. The molecule has 0 aromatic rings. The summed E-state index contributed by atoms with van der Waals surface area (Å²) in [6.45, 7) is 1.05. The van der Waals surface area contributed by atoms with Crippen molar-refractivity contribution < 1.29 is 14.3 Å². The van der Waals surface area contributed by atoms with Crippen LogP contribution in [0.25, 0.3) is 0 Å². The minimum absolute atomic E-state index is 0.0326. The number of hydrogen-bond acceptors (Lipinski definition) is 3. The molecule has 2 fully saturated rings. The van der Waals surface area contributed by atoms with Crippen molar-refractivity contribution in [1.82, 2.24) is 10.6 Å². The molecule has 1 aliphatic carbocycles. The largest absolute Gasteiger partial charge is 0.381 e. The first-order valence-corrected chi connectivity index (χ1v) is 7.37. The van der Waals surface area contributed by atoms with Gasteiger partial charge in [-0.3, -0.25) is 9.59 Å². The van der Waals surface area contributed by atoms with Crippen LogP contribution in [0.5, 0.6) is 0 Å². The first-order valence-electron chi connectivity index (χ1n) is 7.37. The smallest absolute Gasteiger partial charge is 0.246 e. The second-order valence-electron chi connectivity index (χ2n) is 5.62. The highest BCUT2D eigenvalue weighted by Crippen LogP contribution is 2.23. The molecular weight excluding hydrogens is 244 g/mol. The second kappa shape index (κ2) is 6.89. The fourth-order valence-electron chi connectivity index (χ4n) is 3.02. The van der Waals surface area contributed by atoms with E-state index in [9.17, 15) is 9.59 Å². The number of amides is 2. The molecule has 0 unspecified atom stereocenters. The molecule has 1 aliphatic heterocycles. The Morgan fingerprint density at radius 1 is 1.11 bits per heavy atom. The Morgan fingerprint density at radius 2 is 1.74 bits per heavy atom. The van der Waals surface area contributed by atoms with Crippen LogP contribution in [0, 0.1) is 0 Å². The number of ether oxygens (including phenoxy) is 1. The van der Waals surface area contributed by atoms with E-state index in [2.05, 4.69) is 10.6 Å². The molecule has 0 atom stereocenters. The molecule has 5 heteroatoms. The zero-order valence-electron chi connectivity index (χ0n) is 11.5. The van der Waals surface area contributed by atoms with Gasteiger partial charge in [0, 0.05) is 32.1 Å². The van der Waals surface area contributed by atoms with Crippen molar-refractivity contribution in [3.8, 4) is 0 Å². The summed E-state index contributed by atoms with van der Waals surface area (Å²) in [5, 5.41) is 5.87. The Kier molecular flexibility index (Phi) is 5.19. The quantitative estimate of drug-likeness (QED) is 0.593. The van der Waals surface area contributed by atoms with Crippen molar-refractivity contribution in [2.75, 3.05) is 13.2 Å². The Morgan fingerprint density at radius 3 is 2.32 bits per heavy atom. The Hall–Kier alpha value is -1.10. The van der Waals surface area contributed by atoms with Gasteiger partial charge >= 0.3 is 0 Å². The summed E-state index contributed by atoms with van der Waals surface area (Å²) in [7, 11) is 0. The molecular formula is C14H24N2O3. The molecule has 1 saturated carbocycles. The third kappa shape index (κ3) is 3.69. The molecule has 1 saturated heterocycles. The zero-order chi connectivity index (χ0) is 13.6. The van der Waals surface area contributed by atoms with Gasteiger partial charge in [0.05, 0.1) is 0 Å². The van der Waals surface area contributed by atoms with E-state index in [1.165, 1.54) is 25.7 Å². The van der Waals surface area contributed by atoms with E-state index in [-0.39, 0.29) is 11.9 Å². The van der Waals surface area contributed by atoms with Gasteiger partial charge in [-0.1, -0.05) is 25.7 Å². The molecule has 0 radical (unpaired) electrons. The molecule has 19 heavy (non-hydrogen) atoms. The first-order chi connectivity index (χ1) is 9.27. The third-order valence-corrected chi connectivity index (χ3v) is 4.31. The molecule has 0 aromatic carbocycles. The molecule has 2 amide bonds. The van der Waals surface area contributed by atoms with Gasteiger partial charge in [-0.25, -0.2) is 0 Å². The Bertz CT molecular complexity index is 306. The number of carbonyl (C=O) groups excluding carboxylic acids is 2. The average molecular weight is 268 g/mol. The lowest BCUT2D eigenvalue weighted by molar-refractivity contribution is -0.135. The number of carbonyl (C=O) groups is 2. The summed E-state index contributed by atoms with van der Waals surface area (Å²) in [5.74, 6) is -0.0326. The minimum Gasteiger partial charge on any atom is -0.381 e. The predicted octanol–water partition coefficient (Wildman–Crippen LogP) is 1.12. The fourth-order valence-corrected chi connectivity index (χ4v) is 3.02. The van der Waals surface area contributed by atoms with Crippen molar-refractivity contribution in [3.05, 3.63) is 0 Å². The van der Waals surface area contributed by atoms with Gasteiger partial charge < -0.3 is 15.4 Å². The molecule has 108 valence electrons. The molecule has 2 N–H and O–H groups in total. The molecule has 0 spiro atoms. The normalized spacial score (nSPS) is 24.2. The topological polar surface area (TPSA) is 67.4 Å². The van der Waals surface area contributed by atoms with Crippen molar-refractivity contribution in [1.29, 1.82) is 0 Å². The number of hydrogen-bond donors (Lipinski definition) is 2. The van der Waals surface area contributed by atoms with E-state index < -0.39 is 5.54 Å². The van der Waals surface area contributed by atoms with Crippen LogP contribution in [0.2, 0.25) is 0 Å². The summed E-state index contributed by atoms with van der Waals surface area (Å²) in [4.78, 5) is 23.3. The van der Waals surface area contributed by atoms with Gasteiger partial charge in [-0.15, -0.1) is 0 Å². The van der Waals surface area contributed by atoms with Crippen molar-refractivity contribution >= 4 is 12.3 Å². The maximum atomic E-state index is 12.5. The van der Waals surface area contributed by atoms with Gasteiger partial charge in [0.1, 0.15) is 5.54 Å². The van der Waals surface area contributed by atoms with Crippen molar-refractivity contribution in [2.24, 2.45) is 0 Å². The van der Waals surface area contributed by atoms with Crippen molar-refractivity contribution in [3.63, 3.8) is 0 Å². The standard InChI is InChI=1S/C14H24N2O3/c17-11-15-14(7-9-19-10-8-14)13(18)16-12-5-3-1-2-4-6-12/h11-12H,1-10H2,(H,15,17)(H,16,18). The van der Waals surface area contributed by atoms with Crippen LogP contribution in [0.3, 0.4) is 0 Å². The van der Waals surface area contributed by atoms with Crippen LogP contribution in [-0.2, 0) is 14.3 Å². The summed E-state index contributed by atoms with van der Waals surface area (Å²) in [6.07, 6.45) is 8.76. The van der Waals surface area contributed by atoms with Crippen LogP contribution < -0.4 is 10.6 Å². The maximum absolute atomic E-state index is 12.5. The monoisotopic (exact) mass is 268 g/mol. The fraction of sp³-hybridized carbons (Fsp3) is 0.857. The van der Waals surface area contributed by atoms with E-state index in [1.807, 2.05) is 0 Å². The first kappa shape index (κ1) is 14.3. The van der Waals surface area contributed by atoms with E-state index >= 15 is 0 Å². The van der Waals surface area contributed by atoms with Crippen LogP contribution in [0.1, 0.15) is 51.4 Å². The number of rotatable bonds is 4. The van der Waals surface area contributed by atoms with Gasteiger partial charge in [-0.05, 0) is 12.8 Å². The molecule has 1 heterocycles. The lowest BCUT2D eigenvalue weighted by Crippen LogP contribution is -2.60. The Balaban J connectivity index is 1.96. The molecule has 0 bridgehead atoms. The van der Waals surface area contributed by atoms with Gasteiger partial charge in [0.15, 0.2) is 0 Å². The second-order valence-corrected chi connectivity index (χ2v) is 5.62. The van der Waals surface area contributed by atoms with Gasteiger partial charge in [0.25, 0.3) is 0 Å². The molecule has 2 rings (SSSR count). The van der Waals surface area contributed by atoms with Crippen LogP contribution in [0.4, 0.5) is 0 Å². The van der Waals surface area contributed by atoms with Crippen LogP contribution in [0.15, 0.2) is 0 Å². The summed E-state index contributed by atoms with van der Waals surface area (Å²) in [6, 6.07) is 0.267. The number of nitrogens with one attached hydrogen (secondary N) is 2. The van der Waals surface area contributed by atoms with E-state index in [4.69, 9.17) is 4.74 Å². The summed E-state index contributed by atoms with van der Waals surface area (Å²) >= 11 is 0. The minimum atomic E-state index is -0.758. The average Bonchev–Trinajstić information content (AvgIpc) is 2.69.